The van der Waals surface area contributed by atoms with E-state index in [4.69, 9.17) is 23.2 Å². The minimum atomic E-state index is 0.230. The first kappa shape index (κ1) is 16.8. The molecule has 108 valence electrons. The second-order valence-electron chi connectivity index (χ2n) is 6.08. The SMILES string of the molecule is CC(C)(C)NCCCCCCc1cc(Cl)ccc1Cl. The summed E-state index contributed by atoms with van der Waals surface area (Å²) in [6.45, 7) is 7.71. The fraction of sp³-hybridized carbons (Fsp3) is 0.625. The molecule has 0 radical (unpaired) electrons. The first-order valence-electron chi connectivity index (χ1n) is 7.07. The largest absolute Gasteiger partial charge is 0.312 e. The van der Waals surface area contributed by atoms with Crippen molar-refractivity contribution < 1.29 is 0 Å². The van der Waals surface area contributed by atoms with Crippen LogP contribution in [0.1, 0.15) is 52.0 Å². The Morgan fingerprint density at radius 2 is 1.68 bits per heavy atom. The number of aryl methyl sites for hydroxylation is 1. The van der Waals surface area contributed by atoms with E-state index in [1.165, 1.54) is 31.2 Å². The molecule has 1 N–H and O–H groups in total. The van der Waals surface area contributed by atoms with Crippen molar-refractivity contribution in [3.63, 3.8) is 0 Å². The average Bonchev–Trinajstić information content (AvgIpc) is 2.31. The zero-order valence-corrected chi connectivity index (χ0v) is 13.7. The third-order valence-electron chi connectivity index (χ3n) is 3.04. The predicted octanol–water partition coefficient (Wildman–Crippen LogP) is 5.48. The number of hydrogen-bond donors (Lipinski definition) is 1. The normalized spacial score (nSPS) is 11.8. The van der Waals surface area contributed by atoms with Crippen molar-refractivity contribution in [3.8, 4) is 0 Å². The van der Waals surface area contributed by atoms with Crippen molar-refractivity contribution in [2.24, 2.45) is 0 Å². The molecule has 3 heteroatoms. The van der Waals surface area contributed by atoms with E-state index in [-0.39, 0.29) is 5.54 Å². The van der Waals surface area contributed by atoms with Gasteiger partial charge in [-0.15, -0.1) is 0 Å². The highest BCUT2D eigenvalue weighted by Crippen LogP contribution is 2.22. The second-order valence-corrected chi connectivity index (χ2v) is 6.92. The maximum Gasteiger partial charge on any atom is 0.0439 e. The Bertz CT molecular complexity index is 383. The summed E-state index contributed by atoms with van der Waals surface area (Å²) in [6, 6.07) is 5.70. The Labute approximate surface area is 127 Å². The highest BCUT2D eigenvalue weighted by Gasteiger charge is 2.07. The lowest BCUT2D eigenvalue weighted by Crippen LogP contribution is -2.36. The summed E-state index contributed by atoms with van der Waals surface area (Å²) in [7, 11) is 0. The van der Waals surface area contributed by atoms with Crippen molar-refractivity contribution in [2.75, 3.05) is 6.54 Å². The molecule has 0 saturated heterocycles. The van der Waals surface area contributed by atoms with E-state index in [0.29, 0.717) is 0 Å². The summed E-state index contributed by atoms with van der Waals surface area (Å²) in [5.74, 6) is 0. The molecule has 0 heterocycles. The van der Waals surface area contributed by atoms with Gasteiger partial charge in [-0.05, 0) is 70.3 Å². The van der Waals surface area contributed by atoms with Gasteiger partial charge < -0.3 is 5.32 Å². The fourth-order valence-corrected chi connectivity index (χ4v) is 2.40. The van der Waals surface area contributed by atoms with Crippen LogP contribution in [0.25, 0.3) is 0 Å². The molecule has 1 rings (SSSR count). The molecule has 0 aliphatic heterocycles. The van der Waals surface area contributed by atoms with Crippen LogP contribution in [0.4, 0.5) is 0 Å². The molecule has 0 bridgehead atoms. The first-order chi connectivity index (χ1) is 8.88. The minimum Gasteiger partial charge on any atom is -0.312 e. The predicted molar refractivity (Wildman–Crippen MR) is 86.4 cm³/mol. The van der Waals surface area contributed by atoms with Crippen molar-refractivity contribution in [2.45, 2.75) is 58.4 Å². The fourth-order valence-electron chi connectivity index (χ4n) is 1.99. The van der Waals surface area contributed by atoms with Crippen LogP contribution in [0.2, 0.25) is 10.0 Å². The molecular weight excluding hydrogens is 277 g/mol. The van der Waals surface area contributed by atoms with Crippen LogP contribution in [0.15, 0.2) is 18.2 Å². The summed E-state index contributed by atoms with van der Waals surface area (Å²) in [4.78, 5) is 0. The summed E-state index contributed by atoms with van der Waals surface area (Å²) < 4.78 is 0. The molecule has 0 fully saturated rings. The summed E-state index contributed by atoms with van der Waals surface area (Å²) >= 11 is 12.1. The van der Waals surface area contributed by atoms with Gasteiger partial charge in [0, 0.05) is 15.6 Å². The summed E-state index contributed by atoms with van der Waals surface area (Å²) in [5, 5.41) is 5.11. The molecule has 1 aromatic rings. The van der Waals surface area contributed by atoms with Crippen LogP contribution in [-0.4, -0.2) is 12.1 Å². The lowest BCUT2D eigenvalue weighted by molar-refractivity contribution is 0.416. The van der Waals surface area contributed by atoms with Gasteiger partial charge in [0.2, 0.25) is 0 Å². The van der Waals surface area contributed by atoms with Crippen molar-refractivity contribution in [1.29, 1.82) is 0 Å². The van der Waals surface area contributed by atoms with Crippen LogP contribution >= 0.6 is 23.2 Å². The lowest BCUT2D eigenvalue weighted by atomic mass is 10.1. The summed E-state index contributed by atoms with van der Waals surface area (Å²) in [5.41, 5.74) is 1.40. The zero-order valence-electron chi connectivity index (χ0n) is 12.2. The van der Waals surface area contributed by atoms with Crippen LogP contribution in [0.3, 0.4) is 0 Å². The molecule has 1 aromatic carbocycles. The van der Waals surface area contributed by atoms with E-state index in [9.17, 15) is 0 Å². The molecule has 0 atom stereocenters. The van der Waals surface area contributed by atoms with E-state index >= 15 is 0 Å². The zero-order chi connectivity index (χ0) is 14.3. The second kappa shape index (κ2) is 8.14. The van der Waals surface area contributed by atoms with Crippen molar-refractivity contribution >= 4 is 23.2 Å². The van der Waals surface area contributed by atoms with Gasteiger partial charge >= 0.3 is 0 Å². The van der Waals surface area contributed by atoms with Crippen molar-refractivity contribution in [1.82, 2.24) is 5.32 Å². The molecule has 0 unspecified atom stereocenters. The highest BCUT2D eigenvalue weighted by atomic mass is 35.5. The van der Waals surface area contributed by atoms with Crippen LogP contribution in [0, 0.1) is 0 Å². The van der Waals surface area contributed by atoms with Gasteiger partial charge in [-0.2, -0.15) is 0 Å². The molecule has 0 aliphatic carbocycles. The van der Waals surface area contributed by atoms with Gasteiger partial charge in [-0.25, -0.2) is 0 Å². The number of benzene rings is 1. The quantitative estimate of drug-likeness (QED) is 0.657. The van der Waals surface area contributed by atoms with E-state index < -0.39 is 0 Å². The van der Waals surface area contributed by atoms with E-state index in [1.807, 2.05) is 18.2 Å². The van der Waals surface area contributed by atoms with Gasteiger partial charge in [-0.3, -0.25) is 0 Å². The minimum absolute atomic E-state index is 0.230. The third-order valence-corrected chi connectivity index (χ3v) is 3.64. The van der Waals surface area contributed by atoms with Gasteiger partial charge in [0.15, 0.2) is 0 Å². The number of unbranched alkanes of at least 4 members (excludes halogenated alkanes) is 3. The topological polar surface area (TPSA) is 12.0 Å². The van der Waals surface area contributed by atoms with Gasteiger partial charge in [0.25, 0.3) is 0 Å². The standard InChI is InChI=1S/C16H25Cl2N/c1-16(2,3)19-11-7-5-4-6-8-13-12-14(17)9-10-15(13)18/h9-10,12,19H,4-8,11H2,1-3H3. The Balaban J connectivity index is 2.12. The van der Waals surface area contributed by atoms with E-state index in [2.05, 4.69) is 26.1 Å². The number of rotatable bonds is 7. The van der Waals surface area contributed by atoms with Crippen LogP contribution in [-0.2, 0) is 6.42 Å². The van der Waals surface area contributed by atoms with Gasteiger partial charge in [0.1, 0.15) is 0 Å². The molecule has 0 spiro atoms. The molecule has 1 nitrogen and oxygen atoms in total. The Morgan fingerprint density at radius 1 is 1.00 bits per heavy atom. The lowest BCUT2D eigenvalue weighted by Gasteiger charge is -2.20. The molecule has 0 amide bonds. The molecule has 19 heavy (non-hydrogen) atoms. The van der Waals surface area contributed by atoms with E-state index in [1.54, 1.807) is 0 Å². The van der Waals surface area contributed by atoms with E-state index in [0.717, 1.165) is 23.0 Å². The number of nitrogens with one attached hydrogen (secondary N) is 1. The van der Waals surface area contributed by atoms with Gasteiger partial charge in [-0.1, -0.05) is 36.0 Å². The number of halogens is 2. The first-order valence-corrected chi connectivity index (χ1v) is 7.83. The van der Waals surface area contributed by atoms with Crippen LogP contribution < -0.4 is 5.32 Å². The van der Waals surface area contributed by atoms with Gasteiger partial charge in [0.05, 0.1) is 0 Å². The Kier molecular flexibility index (Phi) is 7.20. The highest BCUT2D eigenvalue weighted by molar-refractivity contribution is 6.33. The maximum absolute atomic E-state index is 6.14. The monoisotopic (exact) mass is 301 g/mol. The molecule has 0 saturated carbocycles. The maximum atomic E-state index is 6.14. The smallest absolute Gasteiger partial charge is 0.0439 e. The third kappa shape index (κ3) is 7.81. The number of hydrogen-bond acceptors (Lipinski definition) is 1. The molecular formula is C16H25Cl2N. The Morgan fingerprint density at radius 3 is 2.37 bits per heavy atom. The van der Waals surface area contributed by atoms with Crippen molar-refractivity contribution in [3.05, 3.63) is 33.8 Å². The molecule has 0 aliphatic rings. The Hall–Kier alpha value is -0.240. The van der Waals surface area contributed by atoms with Crippen LogP contribution in [0.5, 0.6) is 0 Å². The molecule has 0 aromatic heterocycles. The summed E-state index contributed by atoms with van der Waals surface area (Å²) in [6.07, 6.45) is 5.94. The average molecular weight is 302 g/mol.